The number of anilines is 1. The van der Waals surface area contributed by atoms with E-state index in [1.165, 1.54) is 18.2 Å². The van der Waals surface area contributed by atoms with Gasteiger partial charge >= 0.3 is 0 Å². The number of hydrogen-bond acceptors (Lipinski definition) is 4. The van der Waals surface area contributed by atoms with Crippen molar-refractivity contribution in [2.45, 2.75) is 25.8 Å². The highest BCUT2D eigenvalue weighted by Crippen LogP contribution is 2.09. The summed E-state index contributed by atoms with van der Waals surface area (Å²) in [5, 5.41) is 9.05. The lowest BCUT2D eigenvalue weighted by molar-refractivity contribution is -0.118. The van der Waals surface area contributed by atoms with E-state index < -0.39 is 0 Å². The maximum Gasteiger partial charge on any atom is 0.234 e. The van der Waals surface area contributed by atoms with Crippen molar-refractivity contribution in [3.05, 3.63) is 29.8 Å². The normalized spacial score (nSPS) is 17.2. The third-order valence-electron chi connectivity index (χ3n) is 3.51. The second-order valence-corrected chi connectivity index (χ2v) is 6.49. The zero-order chi connectivity index (χ0) is 15.8. The van der Waals surface area contributed by atoms with Gasteiger partial charge in [-0.3, -0.25) is 9.59 Å². The Morgan fingerprint density at radius 2 is 1.95 bits per heavy atom. The highest BCUT2D eigenvalue weighted by atomic mass is 32.2. The van der Waals surface area contributed by atoms with Gasteiger partial charge in [-0.05, 0) is 38.4 Å². The Morgan fingerprint density at radius 1 is 1.23 bits per heavy atom. The van der Waals surface area contributed by atoms with E-state index in [0.717, 1.165) is 24.2 Å². The van der Waals surface area contributed by atoms with Crippen LogP contribution in [0.15, 0.2) is 24.3 Å². The first-order valence-electron chi connectivity index (χ1n) is 7.58. The molecule has 5 nitrogen and oxygen atoms in total. The highest BCUT2D eigenvalue weighted by Gasteiger charge is 2.14. The monoisotopic (exact) mass is 321 g/mol. The van der Waals surface area contributed by atoms with Crippen molar-refractivity contribution in [3.8, 4) is 0 Å². The van der Waals surface area contributed by atoms with E-state index >= 15 is 0 Å². The van der Waals surface area contributed by atoms with Crippen molar-refractivity contribution in [2.75, 3.05) is 29.9 Å². The van der Waals surface area contributed by atoms with Gasteiger partial charge in [0.05, 0.1) is 11.5 Å². The van der Waals surface area contributed by atoms with Crippen LogP contribution in [0.5, 0.6) is 0 Å². The molecule has 1 saturated heterocycles. The Balaban J connectivity index is 1.57. The Bertz CT molecular complexity index is 499. The first-order valence-corrected chi connectivity index (χ1v) is 8.73. The molecule has 22 heavy (non-hydrogen) atoms. The van der Waals surface area contributed by atoms with Crippen molar-refractivity contribution >= 4 is 29.3 Å². The molecule has 1 aliphatic heterocycles. The average molecular weight is 321 g/mol. The van der Waals surface area contributed by atoms with E-state index in [0.29, 0.717) is 18.3 Å². The van der Waals surface area contributed by atoms with Crippen LogP contribution in [0.4, 0.5) is 5.69 Å². The summed E-state index contributed by atoms with van der Waals surface area (Å²) in [5.74, 6) is 0.498. The fraction of sp³-hybridized carbons (Fsp3) is 0.500. The lowest BCUT2D eigenvalue weighted by atomic mass is 10.2. The Labute approximate surface area is 135 Å². The molecule has 2 amide bonds. The van der Waals surface area contributed by atoms with Gasteiger partial charge in [0.25, 0.3) is 0 Å². The Kier molecular flexibility index (Phi) is 6.74. The molecule has 0 aliphatic carbocycles. The van der Waals surface area contributed by atoms with Gasteiger partial charge in [0.15, 0.2) is 0 Å². The molecule has 0 radical (unpaired) electrons. The summed E-state index contributed by atoms with van der Waals surface area (Å²) in [7, 11) is 0. The van der Waals surface area contributed by atoms with Crippen LogP contribution in [-0.2, 0) is 9.59 Å². The summed E-state index contributed by atoms with van der Waals surface area (Å²) < 4.78 is 0. The van der Waals surface area contributed by atoms with Crippen LogP contribution in [0.1, 0.15) is 18.4 Å². The predicted octanol–water partition coefficient (Wildman–Crippen LogP) is 1.53. The molecule has 1 aromatic rings. The van der Waals surface area contributed by atoms with Crippen molar-refractivity contribution in [2.24, 2.45) is 0 Å². The average Bonchev–Trinajstić information content (AvgIpc) is 3.01. The van der Waals surface area contributed by atoms with E-state index in [1.807, 2.05) is 31.2 Å². The topological polar surface area (TPSA) is 70.2 Å². The molecule has 2 rings (SSSR count). The summed E-state index contributed by atoms with van der Waals surface area (Å²) in [6.45, 7) is 3.71. The molecule has 1 aromatic carbocycles. The minimum absolute atomic E-state index is 0.0122. The van der Waals surface area contributed by atoms with Crippen LogP contribution in [0.3, 0.4) is 0 Å². The van der Waals surface area contributed by atoms with Crippen LogP contribution in [0.25, 0.3) is 0 Å². The predicted molar refractivity (Wildman–Crippen MR) is 91.2 cm³/mol. The van der Waals surface area contributed by atoms with Gasteiger partial charge in [0, 0.05) is 18.3 Å². The van der Waals surface area contributed by atoms with Gasteiger partial charge in [0.2, 0.25) is 11.8 Å². The second kappa shape index (κ2) is 8.80. The molecule has 0 saturated carbocycles. The number of amides is 2. The summed E-state index contributed by atoms with van der Waals surface area (Å²) in [6.07, 6.45) is 2.29. The third kappa shape index (κ3) is 6.07. The molecule has 1 aliphatic rings. The van der Waals surface area contributed by atoms with E-state index in [4.69, 9.17) is 0 Å². The van der Waals surface area contributed by atoms with E-state index in [2.05, 4.69) is 16.0 Å². The fourth-order valence-electron chi connectivity index (χ4n) is 2.29. The number of thioether (sulfide) groups is 1. The van der Waals surface area contributed by atoms with Crippen molar-refractivity contribution in [3.63, 3.8) is 0 Å². The number of hydrogen-bond donors (Lipinski definition) is 3. The van der Waals surface area contributed by atoms with Gasteiger partial charge in [-0.25, -0.2) is 0 Å². The lowest BCUT2D eigenvalue weighted by Gasteiger charge is -2.11. The van der Waals surface area contributed by atoms with Crippen molar-refractivity contribution < 1.29 is 9.59 Å². The summed E-state index contributed by atoms with van der Waals surface area (Å²) in [5.41, 5.74) is 1.94. The number of aryl methyl sites for hydroxylation is 1. The van der Waals surface area contributed by atoms with Crippen molar-refractivity contribution in [1.29, 1.82) is 0 Å². The zero-order valence-electron chi connectivity index (χ0n) is 12.9. The van der Waals surface area contributed by atoms with E-state index in [-0.39, 0.29) is 17.6 Å². The molecule has 1 heterocycles. The molecule has 1 unspecified atom stereocenters. The summed E-state index contributed by atoms with van der Waals surface area (Å²) >= 11 is 1.33. The molecule has 3 N–H and O–H groups in total. The smallest absolute Gasteiger partial charge is 0.234 e. The van der Waals surface area contributed by atoms with Crippen LogP contribution in [-0.4, -0.2) is 42.5 Å². The summed E-state index contributed by atoms with van der Waals surface area (Å²) in [4.78, 5) is 23.5. The Hall–Kier alpha value is -1.53. The van der Waals surface area contributed by atoms with Crippen LogP contribution in [0, 0.1) is 6.92 Å². The molecule has 0 aromatic heterocycles. The lowest BCUT2D eigenvalue weighted by Crippen LogP contribution is -2.38. The van der Waals surface area contributed by atoms with Gasteiger partial charge < -0.3 is 16.0 Å². The molecule has 0 spiro atoms. The molecule has 0 bridgehead atoms. The quantitative estimate of drug-likeness (QED) is 0.712. The molecule has 1 fully saturated rings. The number of carbonyl (C=O) groups excluding carboxylic acids is 2. The van der Waals surface area contributed by atoms with Crippen LogP contribution >= 0.6 is 11.8 Å². The fourth-order valence-corrected chi connectivity index (χ4v) is 2.94. The third-order valence-corrected chi connectivity index (χ3v) is 4.44. The van der Waals surface area contributed by atoms with Crippen LogP contribution in [0.2, 0.25) is 0 Å². The molecular weight excluding hydrogens is 298 g/mol. The second-order valence-electron chi connectivity index (χ2n) is 5.50. The maximum atomic E-state index is 11.8. The van der Waals surface area contributed by atoms with Gasteiger partial charge in [-0.2, -0.15) is 0 Å². The Morgan fingerprint density at radius 3 is 2.64 bits per heavy atom. The van der Waals surface area contributed by atoms with Gasteiger partial charge in [-0.1, -0.05) is 17.7 Å². The molecule has 120 valence electrons. The summed E-state index contributed by atoms with van der Waals surface area (Å²) in [6, 6.07) is 8.05. The van der Waals surface area contributed by atoms with E-state index in [9.17, 15) is 9.59 Å². The SMILES string of the molecule is Cc1ccc(NC(=O)CSCC(=O)NCC2CCCN2)cc1. The van der Waals surface area contributed by atoms with Crippen LogP contribution < -0.4 is 16.0 Å². The maximum absolute atomic E-state index is 11.8. The van der Waals surface area contributed by atoms with Gasteiger partial charge in [0.1, 0.15) is 0 Å². The first kappa shape index (κ1) is 16.8. The zero-order valence-corrected chi connectivity index (χ0v) is 13.7. The largest absolute Gasteiger partial charge is 0.354 e. The van der Waals surface area contributed by atoms with E-state index in [1.54, 1.807) is 0 Å². The minimum Gasteiger partial charge on any atom is -0.354 e. The molecule has 1 atom stereocenters. The standard InChI is InChI=1S/C16H23N3O2S/c1-12-4-6-13(7-5-12)19-16(21)11-22-10-15(20)18-9-14-3-2-8-17-14/h4-7,14,17H,2-3,8-11H2,1H3,(H,18,20)(H,19,21). The minimum atomic E-state index is -0.0842. The number of nitrogens with one attached hydrogen (secondary N) is 3. The highest BCUT2D eigenvalue weighted by molar-refractivity contribution is 8.00. The number of carbonyl (C=O) groups is 2. The van der Waals surface area contributed by atoms with Gasteiger partial charge in [-0.15, -0.1) is 11.8 Å². The number of benzene rings is 1. The first-order chi connectivity index (χ1) is 10.6. The molecular formula is C16H23N3O2S. The van der Waals surface area contributed by atoms with Crippen molar-refractivity contribution in [1.82, 2.24) is 10.6 Å². The number of rotatable bonds is 7. The molecule has 6 heteroatoms.